The number of anilines is 1. The number of piperidine rings is 1. The topological polar surface area (TPSA) is 76.8 Å². The Labute approximate surface area is 241 Å². The second-order valence-electron chi connectivity index (χ2n) is 10.7. The molecule has 0 atom stereocenters. The molecule has 7 rings (SSSR count). The van der Waals surface area contributed by atoms with Crippen molar-refractivity contribution >= 4 is 40.1 Å². The van der Waals surface area contributed by atoms with E-state index in [2.05, 4.69) is 25.9 Å². The van der Waals surface area contributed by atoms with Crippen molar-refractivity contribution in [2.24, 2.45) is 5.41 Å². The molecular weight excluding hydrogens is 540 g/mol. The number of hydrogen-bond acceptors (Lipinski definition) is 7. The van der Waals surface area contributed by atoms with Crippen molar-refractivity contribution in [3.63, 3.8) is 0 Å². The zero-order valence-corrected chi connectivity index (χ0v) is 23.4. The summed E-state index contributed by atoms with van der Waals surface area (Å²) in [5, 5.41) is 1.53. The molecule has 1 saturated heterocycles. The fourth-order valence-corrected chi connectivity index (χ4v) is 7.09. The first-order chi connectivity index (χ1) is 19.6. The van der Waals surface area contributed by atoms with Gasteiger partial charge in [-0.3, -0.25) is 14.3 Å². The summed E-state index contributed by atoms with van der Waals surface area (Å²) in [5.74, 6) is 0.894. The normalized spacial score (nSPS) is 16.0. The van der Waals surface area contributed by atoms with Crippen LogP contribution in [0, 0.1) is 5.41 Å². The maximum Gasteiger partial charge on any atom is 0.263 e. The molecule has 0 unspecified atom stereocenters. The molecule has 200 valence electrons. The molecule has 1 aliphatic carbocycles. The summed E-state index contributed by atoms with van der Waals surface area (Å²) in [7, 11) is 0. The van der Waals surface area contributed by atoms with Crippen molar-refractivity contribution in [1.82, 2.24) is 24.5 Å². The van der Waals surface area contributed by atoms with Gasteiger partial charge in [-0.1, -0.05) is 59.8 Å². The highest BCUT2D eigenvalue weighted by Gasteiger charge is 2.40. The maximum absolute atomic E-state index is 13.3. The highest BCUT2D eigenvalue weighted by Crippen LogP contribution is 2.44. The third kappa shape index (κ3) is 4.75. The maximum atomic E-state index is 13.3. The van der Waals surface area contributed by atoms with E-state index in [9.17, 15) is 4.79 Å². The molecule has 5 aromatic rings. The predicted octanol–water partition coefficient (Wildman–Crippen LogP) is 5.82. The fraction of sp³-hybridized carbons (Fsp3) is 0.258. The van der Waals surface area contributed by atoms with E-state index in [1.807, 2.05) is 60.9 Å². The summed E-state index contributed by atoms with van der Waals surface area (Å²) in [6.07, 6.45) is 11.6. The van der Waals surface area contributed by atoms with E-state index in [0.717, 1.165) is 60.1 Å². The molecule has 1 fully saturated rings. The lowest BCUT2D eigenvalue weighted by atomic mass is 9.76. The molecular formula is C31H27ClN6OS. The van der Waals surface area contributed by atoms with Crippen LogP contribution >= 0.6 is 23.4 Å². The number of rotatable bonds is 5. The Bertz CT molecular complexity index is 1720. The molecule has 2 aliphatic rings. The highest BCUT2D eigenvalue weighted by atomic mass is 35.5. The lowest BCUT2D eigenvalue weighted by Gasteiger charge is -2.39. The molecule has 3 aromatic heterocycles. The van der Waals surface area contributed by atoms with Gasteiger partial charge in [-0.05, 0) is 60.4 Å². The largest absolute Gasteiger partial charge is 0.355 e. The van der Waals surface area contributed by atoms with Gasteiger partial charge in [0.1, 0.15) is 10.8 Å². The van der Waals surface area contributed by atoms with Gasteiger partial charge in [0, 0.05) is 29.9 Å². The van der Waals surface area contributed by atoms with Gasteiger partial charge in [0.2, 0.25) is 0 Å². The van der Waals surface area contributed by atoms with Crippen LogP contribution in [0.5, 0.6) is 0 Å². The monoisotopic (exact) mass is 566 g/mol. The van der Waals surface area contributed by atoms with Crippen LogP contribution in [-0.4, -0.2) is 37.6 Å². The Morgan fingerprint density at radius 1 is 0.900 bits per heavy atom. The highest BCUT2D eigenvalue weighted by molar-refractivity contribution is 7.99. The van der Waals surface area contributed by atoms with Crippen LogP contribution in [-0.2, 0) is 19.4 Å². The summed E-state index contributed by atoms with van der Waals surface area (Å²) >= 11 is 8.19. The average molecular weight is 567 g/mol. The van der Waals surface area contributed by atoms with Crippen LogP contribution in [0.1, 0.15) is 29.7 Å². The molecule has 0 saturated carbocycles. The van der Waals surface area contributed by atoms with Crippen LogP contribution in [0.4, 0.5) is 5.82 Å². The van der Waals surface area contributed by atoms with Crippen molar-refractivity contribution in [2.75, 3.05) is 18.0 Å². The molecule has 7 nitrogen and oxygen atoms in total. The number of benzene rings is 2. The molecule has 0 N–H and O–H groups in total. The van der Waals surface area contributed by atoms with Crippen LogP contribution in [0.25, 0.3) is 10.9 Å². The van der Waals surface area contributed by atoms with Gasteiger partial charge in [0.05, 0.1) is 41.2 Å². The van der Waals surface area contributed by atoms with Crippen molar-refractivity contribution < 1.29 is 0 Å². The number of nitrogens with zero attached hydrogens (tertiary/aromatic N) is 6. The SMILES string of the molecule is O=c1c2c(Cl)c(Sc3cnc(N4CCC5(CC4)Cc4cccnc4C5)cn3)ccc2ncn1Cc1ccccc1. The van der Waals surface area contributed by atoms with E-state index < -0.39 is 0 Å². The van der Waals surface area contributed by atoms with E-state index in [-0.39, 0.29) is 5.56 Å². The quantitative estimate of drug-likeness (QED) is 0.265. The second kappa shape index (κ2) is 10.3. The molecule has 1 aliphatic heterocycles. The van der Waals surface area contributed by atoms with Crippen LogP contribution in [0.15, 0.2) is 94.2 Å². The minimum atomic E-state index is -0.160. The molecule has 0 radical (unpaired) electrons. The summed E-state index contributed by atoms with van der Waals surface area (Å²) in [5.41, 5.74) is 4.46. The van der Waals surface area contributed by atoms with Gasteiger partial charge < -0.3 is 4.90 Å². The Hall–Kier alpha value is -3.75. The van der Waals surface area contributed by atoms with E-state index in [4.69, 9.17) is 16.6 Å². The Morgan fingerprint density at radius 2 is 1.75 bits per heavy atom. The zero-order chi connectivity index (χ0) is 27.1. The summed E-state index contributed by atoms with van der Waals surface area (Å²) in [6, 6.07) is 17.8. The molecule has 4 heterocycles. The number of fused-ring (bicyclic) bond motifs is 2. The Morgan fingerprint density at radius 3 is 2.52 bits per heavy atom. The lowest BCUT2D eigenvalue weighted by molar-refractivity contribution is 0.231. The first-order valence-corrected chi connectivity index (χ1v) is 14.7. The number of hydrogen-bond donors (Lipinski definition) is 0. The minimum absolute atomic E-state index is 0.160. The minimum Gasteiger partial charge on any atom is -0.355 e. The molecule has 0 amide bonds. The fourth-order valence-electron chi connectivity index (χ4n) is 5.97. The average Bonchev–Trinajstić information content (AvgIpc) is 3.35. The van der Waals surface area contributed by atoms with Crippen molar-refractivity contribution in [2.45, 2.75) is 42.1 Å². The van der Waals surface area contributed by atoms with Gasteiger partial charge in [0.15, 0.2) is 0 Å². The van der Waals surface area contributed by atoms with E-state index in [0.29, 0.717) is 27.9 Å². The number of aromatic nitrogens is 5. The Balaban J connectivity index is 1.06. The smallest absolute Gasteiger partial charge is 0.263 e. The van der Waals surface area contributed by atoms with Gasteiger partial charge in [-0.2, -0.15) is 0 Å². The Kier molecular flexibility index (Phi) is 6.52. The third-order valence-corrected chi connectivity index (χ3v) is 9.65. The first kappa shape index (κ1) is 25.2. The molecule has 9 heteroatoms. The van der Waals surface area contributed by atoms with Crippen LogP contribution in [0.2, 0.25) is 5.02 Å². The number of halogens is 1. The second-order valence-corrected chi connectivity index (χ2v) is 12.1. The summed E-state index contributed by atoms with van der Waals surface area (Å²) in [6.45, 7) is 2.37. The van der Waals surface area contributed by atoms with Crippen LogP contribution in [0.3, 0.4) is 0 Å². The number of pyridine rings is 1. The summed E-state index contributed by atoms with van der Waals surface area (Å²) in [4.78, 5) is 34.9. The zero-order valence-electron chi connectivity index (χ0n) is 21.8. The molecule has 2 aromatic carbocycles. The van der Waals surface area contributed by atoms with Gasteiger partial charge in [-0.25, -0.2) is 15.0 Å². The van der Waals surface area contributed by atoms with E-state index in [1.165, 1.54) is 23.0 Å². The summed E-state index contributed by atoms with van der Waals surface area (Å²) < 4.78 is 1.59. The van der Waals surface area contributed by atoms with Crippen LogP contribution < -0.4 is 10.5 Å². The van der Waals surface area contributed by atoms with E-state index >= 15 is 0 Å². The van der Waals surface area contributed by atoms with Crippen molar-refractivity contribution in [3.8, 4) is 0 Å². The first-order valence-electron chi connectivity index (χ1n) is 13.5. The molecule has 1 spiro atoms. The van der Waals surface area contributed by atoms with Gasteiger partial charge in [0.25, 0.3) is 5.56 Å². The predicted molar refractivity (Wildman–Crippen MR) is 158 cm³/mol. The lowest BCUT2D eigenvalue weighted by Crippen LogP contribution is -2.41. The van der Waals surface area contributed by atoms with Crippen molar-refractivity contribution in [1.29, 1.82) is 0 Å². The van der Waals surface area contributed by atoms with E-state index in [1.54, 1.807) is 17.1 Å². The van der Waals surface area contributed by atoms with Gasteiger partial charge in [-0.15, -0.1) is 0 Å². The van der Waals surface area contributed by atoms with Gasteiger partial charge >= 0.3 is 0 Å². The third-order valence-electron chi connectivity index (χ3n) is 8.16. The van der Waals surface area contributed by atoms with Crippen molar-refractivity contribution in [3.05, 3.63) is 112 Å². The molecule has 0 bridgehead atoms. The standard InChI is InChI=1S/C31H27ClN6OS/c32-29-25(9-8-23-28(29)30(39)38(20-36-23)19-21-5-2-1-3-6-21)40-27-18-34-26(17-35-27)37-13-10-31(11-14-37)15-22-7-4-12-33-24(22)16-31/h1-9,12,17-18,20H,10-11,13-16,19H2. The molecule has 40 heavy (non-hydrogen) atoms.